The maximum Gasteiger partial charge on any atom is 0.260 e. The molecule has 6 heteroatoms. The van der Waals surface area contributed by atoms with Gasteiger partial charge in [-0.25, -0.2) is 0 Å². The summed E-state index contributed by atoms with van der Waals surface area (Å²) in [6, 6.07) is 12.7. The molecule has 0 aromatic heterocycles. The lowest BCUT2D eigenvalue weighted by Gasteiger charge is -2.27. The number of ether oxygens (including phenoxy) is 2. The van der Waals surface area contributed by atoms with Gasteiger partial charge in [-0.3, -0.25) is 4.79 Å². The number of carbonyl (C=O) groups is 1. The Bertz CT molecular complexity index is 903. The molecule has 0 radical (unpaired) electrons. The number of carbonyl (C=O) groups excluding carboxylic acids is 1. The summed E-state index contributed by atoms with van der Waals surface area (Å²) in [5, 5.41) is 0.615. The van der Waals surface area contributed by atoms with Crippen molar-refractivity contribution < 1.29 is 14.3 Å². The molecule has 2 aromatic rings. The number of hydrogen-bond donors (Lipinski definition) is 0. The topological polar surface area (TPSA) is 60.2 Å². The van der Waals surface area contributed by atoms with Crippen LogP contribution in [0.4, 0.5) is 0 Å². The number of amides is 1. The van der Waals surface area contributed by atoms with E-state index in [-0.39, 0.29) is 5.91 Å². The van der Waals surface area contributed by atoms with Crippen LogP contribution >= 0.6 is 11.6 Å². The van der Waals surface area contributed by atoms with Crippen LogP contribution in [0.15, 0.2) is 52.4 Å². The average molecular weight is 355 g/mol. The molecule has 0 fully saturated rings. The van der Waals surface area contributed by atoms with Crippen LogP contribution in [-0.2, 0) is 11.2 Å². The molecule has 2 aromatic carbocycles. The summed E-state index contributed by atoms with van der Waals surface area (Å²) in [4.78, 5) is 21.1. The minimum absolute atomic E-state index is 0.250. The molecule has 0 spiro atoms. The maximum atomic E-state index is 12.5. The van der Waals surface area contributed by atoms with Gasteiger partial charge >= 0.3 is 0 Å². The van der Waals surface area contributed by atoms with Gasteiger partial charge in [-0.15, -0.1) is 0 Å². The highest BCUT2D eigenvalue weighted by Crippen LogP contribution is 2.33. The van der Waals surface area contributed by atoms with Crippen molar-refractivity contribution >= 4 is 29.2 Å². The predicted molar refractivity (Wildman–Crippen MR) is 95.9 cm³/mol. The highest BCUT2D eigenvalue weighted by Gasteiger charge is 2.35. The van der Waals surface area contributed by atoms with Crippen LogP contribution in [0.1, 0.15) is 18.1 Å². The van der Waals surface area contributed by atoms with Gasteiger partial charge in [0.15, 0.2) is 5.84 Å². The largest absolute Gasteiger partial charge is 0.494 e. The molecule has 25 heavy (non-hydrogen) atoms. The Morgan fingerprint density at radius 3 is 2.76 bits per heavy atom. The molecule has 1 atom stereocenters. The third kappa shape index (κ3) is 3.03. The number of amidine groups is 1. The van der Waals surface area contributed by atoms with Crippen molar-refractivity contribution in [3.05, 3.63) is 58.6 Å². The highest BCUT2D eigenvalue weighted by molar-refractivity contribution is 6.30. The second kappa shape index (κ2) is 6.33. The van der Waals surface area contributed by atoms with E-state index < -0.39 is 5.92 Å². The first-order chi connectivity index (χ1) is 12.1. The number of rotatable bonds is 3. The molecule has 2 aliphatic rings. The zero-order valence-corrected chi connectivity index (χ0v) is 14.3. The summed E-state index contributed by atoms with van der Waals surface area (Å²) in [6.07, 6.45) is 0.494. The lowest BCUT2D eigenvalue weighted by atomic mass is 9.94. The molecular formula is C19H15ClN2O3. The number of benzene rings is 2. The standard InChI is InChI=1S/C19H15ClN2O3/c1-2-24-14-6-3-11(4-7-14)17-21-18(23)15-10-12-9-13(20)5-8-16(12)25-19(15)22-17/h3-9,15H,2,10H2,1H3. The Morgan fingerprint density at radius 2 is 2.00 bits per heavy atom. The van der Waals surface area contributed by atoms with Crippen molar-refractivity contribution in [1.29, 1.82) is 0 Å². The molecular weight excluding hydrogens is 340 g/mol. The summed E-state index contributed by atoms with van der Waals surface area (Å²) in [5.41, 5.74) is 1.64. The highest BCUT2D eigenvalue weighted by atomic mass is 35.5. The van der Waals surface area contributed by atoms with E-state index in [0.29, 0.717) is 35.5 Å². The van der Waals surface area contributed by atoms with Gasteiger partial charge in [0.05, 0.1) is 6.61 Å². The minimum Gasteiger partial charge on any atom is -0.494 e. The SMILES string of the molecule is CCOc1ccc(C2=NC(=O)C3Cc4cc(Cl)ccc4OC3=N2)cc1. The molecule has 0 aliphatic carbocycles. The Kier molecular flexibility index (Phi) is 4.01. The molecule has 0 saturated carbocycles. The summed E-state index contributed by atoms with van der Waals surface area (Å²) >= 11 is 6.02. The molecule has 4 rings (SSSR count). The first kappa shape index (κ1) is 15.8. The van der Waals surface area contributed by atoms with Gasteiger partial charge in [0.25, 0.3) is 5.91 Å². The molecule has 1 amide bonds. The smallest absolute Gasteiger partial charge is 0.260 e. The lowest BCUT2D eigenvalue weighted by molar-refractivity contribution is -0.120. The van der Waals surface area contributed by atoms with Crippen LogP contribution in [0.2, 0.25) is 5.02 Å². The van der Waals surface area contributed by atoms with Gasteiger partial charge in [-0.1, -0.05) is 11.6 Å². The van der Waals surface area contributed by atoms with Crippen LogP contribution in [0.3, 0.4) is 0 Å². The number of halogens is 1. The lowest BCUT2D eigenvalue weighted by Crippen LogP contribution is -2.37. The quantitative estimate of drug-likeness (QED) is 0.844. The summed E-state index contributed by atoms with van der Waals surface area (Å²) in [6.45, 7) is 2.52. The van der Waals surface area contributed by atoms with Crippen molar-refractivity contribution in [2.75, 3.05) is 6.61 Å². The van der Waals surface area contributed by atoms with E-state index in [9.17, 15) is 4.79 Å². The number of nitrogens with zero attached hydrogens (tertiary/aromatic N) is 2. The van der Waals surface area contributed by atoms with Gasteiger partial charge in [0.2, 0.25) is 5.90 Å². The second-order valence-electron chi connectivity index (χ2n) is 5.79. The zero-order chi connectivity index (χ0) is 17.4. The van der Waals surface area contributed by atoms with Crippen molar-refractivity contribution in [3.63, 3.8) is 0 Å². The summed E-state index contributed by atoms with van der Waals surface area (Å²) < 4.78 is 11.3. The molecule has 1 unspecified atom stereocenters. The monoisotopic (exact) mass is 354 g/mol. The van der Waals surface area contributed by atoms with Crippen LogP contribution in [0, 0.1) is 5.92 Å². The number of fused-ring (bicyclic) bond motifs is 2. The summed E-state index contributed by atoms with van der Waals surface area (Å²) in [5.74, 6) is 1.45. The Morgan fingerprint density at radius 1 is 1.20 bits per heavy atom. The van der Waals surface area contributed by atoms with Crippen LogP contribution in [-0.4, -0.2) is 24.2 Å². The Labute approximate surface area is 150 Å². The van der Waals surface area contributed by atoms with E-state index in [2.05, 4.69) is 9.98 Å². The third-order valence-corrected chi connectivity index (χ3v) is 4.35. The van der Waals surface area contributed by atoms with Crippen molar-refractivity contribution in [2.24, 2.45) is 15.9 Å². The van der Waals surface area contributed by atoms with Crippen molar-refractivity contribution in [1.82, 2.24) is 0 Å². The Balaban J connectivity index is 1.65. The normalized spacial score (nSPS) is 18.5. The van der Waals surface area contributed by atoms with E-state index in [4.69, 9.17) is 21.1 Å². The van der Waals surface area contributed by atoms with Crippen molar-refractivity contribution in [2.45, 2.75) is 13.3 Å². The molecule has 0 bridgehead atoms. The van der Waals surface area contributed by atoms with E-state index in [0.717, 1.165) is 16.9 Å². The second-order valence-corrected chi connectivity index (χ2v) is 6.23. The van der Waals surface area contributed by atoms with E-state index >= 15 is 0 Å². The van der Waals surface area contributed by atoms with Gasteiger partial charge < -0.3 is 9.47 Å². The van der Waals surface area contributed by atoms with Crippen molar-refractivity contribution in [3.8, 4) is 11.5 Å². The van der Waals surface area contributed by atoms with Gasteiger partial charge in [-0.2, -0.15) is 9.98 Å². The first-order valence-corrected chi connectivity index (χ1v) is 8.42. The minimum atomic E-state index is -0.489. The van der Waals surface area contributed by atoms with Gasteiger partial charge in [0, 0.05) is 10.6 Å². The van der Waals surface area contributed by atoms with E-state index in [1.54, 1.807) is 12.1 Å². The molecule has 2 heterocycles. The maximum absolute atomic E-state index is 12.5. The fraction of sp³-hybridized carbons (Fsp3) is 0.211. The first-order valence-electron chi connectivity index (χ1n) is 8.04. The van der Waals surface area contributed by atoms with E-state index in [1.165, 1.54) is 0 Å². The van der Waals surface area contributed by atoms with E-state index in [1.807, 2.05) is 37.3 Å². The predicted octanol–water partition coefficient (Wildman–Crippen LogP) is 3.68. The molecule has 126 valence electrons. The molecule has 5 nitrogen and oxygen atoms in total. The molecule has 0 N–H and O–H groups in total. The molecule has 0 saturated heterocycles. The Hall–Kier alpha value is -2.66. The number of aliphatic imine (C=N–C) groups is 2. The fourth-order valence-corrected chi connectivity index (χ4v) is 3.09. The fourth-order valence-electron chi connectivity index (χ4n) is 2.90. The average Bonchev–Trinajstić information content (AvgIpc) is 2.61. The molecule has 2 aliphatic heterocycles. The zero-order valence-electron chi connectivity index (χ0n) is 13.5. The van der Waals surface area contributed by atoms with Crippen LogP contribution in [0.25, 0.3) is 0 Å². The van der Waals surface area contributed by atoms with Crippen LogP contribution in [0.5, 0.6) is 11.5 Å². The van der Waals surface area contributed by atoms with Gasteiger partial charge in [-0.05, 0) is 61.4 Å². The summed E-state index contributed by atoms with van der Waals surface area (Å²) in [7, 11) is 0. The number of hydrogen-bond acceptors (Lipinski definition) is 4. The third-order valence-electron chi connectivity index (χ3n) is 4.11. The van der Waals surface area contributed by atoms with Crippen LogP contribution < -0.4 is 9.47 Å². The van der Waals surface area contributed by atoms with Gasteiger partial charge in [0.1, 0.15) is 17.4 Å².